The van der Waals surface area contributed by atoms with Gasteiger partial charge in [-0.25, -0.2) is 0 Å². The van der Waals surface area contributed by atoms with Crippen LogP contribution in [0.2, 0.25) is 0 Å². The average molecular weight is 321 g/mol. The summed E-state index contributed by atoms with van der Waals surface area (Å²) >= 11 is 0. The zero-order chi connectivity index (χ0) is 16.6. The van der Waals surface area contributed by atoms with E-state index in [1.807, 2.05) is 26.1 Å². The molecule has 1 aromatic heterocycles. The highest BCUT2D eigenvalue weighted by Crippen LogP contribution is 2.28. The van der Waals surface area contributed by atoms with Crippen molar-refractivity contribution in [3.05, 3.63) is 24.0 Å². The van der Waals surface area contributed by atoms with Gasteiger partial charge in [0.15, 0.2) is 0 Å². The Bertz CT molecular complexity index is 542. The third kappa shape index (κ3) is 3.35. The molecule has 128 valence electrons. The van der Waals surface area contributed by atoms with E-state index in [4.69, 9.17) is 0 Å². The molecule has 0 radical (unpaired) electrons. The maximum Gasteiger partial charge on any atom is 0.108 e. The molecule has 6 heteroatoms. The van der Waals surface area contributed by atoms with Crippen LogP contribution in [0.3, 0.4) is 0 Å². The molecule has 3 heterocycles. The van der Waals surface area contributed by atoms with Gasteiger partial charge in [-0.1, -0.05) is 0 Å². The number of hydrogen-bond donors (Lipinski definition) is 3. The first-order chi connectivity index (χ1) is 11.0. The molecule has 0 spiro atoms. The maximum absolute atomic E-state index is 10.1. The number of nitrogens with zero attached hydrogens (tertiary/aromatic N) is 3. The quantitative estimate of drug-likeness (QED) is 0.727. The lowest BCUT2D eigenvalue weighted by molar-refractivity contribution is -0.134. The van der Waals surface area contributed by atoms with Crippen molar-refractivity contribution >= 4 is 5.69 Å². The second kappa shape index (κ2) is 6.73. The summed E-state index contributed by atoms with van der Waals surface area (Å²) in [5, 5.41) is 29.7. The van der Waals surface area contributed by atoms with E-state index in [1.54, 1.807) is 0 Å². The molecule has 0 unspecified atom stereocenters. The predicted molar refractivity (Wildman–Crippen MR) is 88.3 cm³/mol. The van der Waals surface area contributed by atoms with Gasteiger partial charge in [-0.05, 0) is 38.3 Å². The van der Waals surface area contributed by atoms with Gasteiger partial charge in [0, 0.05) is 38.4 Å². The Morgan fingerprint density at radius 3 is 2.74 bits per heavy atom. The molecule has 0 amide bonds. The molecule has 3 N–H and O–H groups in total. The lowest BCUT2D eigenvalue weighted by atomic mass is 9.93. The minimum atomic E-state index is -1.04. The molecule has 1 aromatic rings. The van der Waals surface area contributed by atoms with Gasteiger partial charge in [-0.15, -0.1) is 0 Å². The fourth-order valence-electron chi connectivity index (χ4n) is 3.83. The van der Waals surface area contributed by atoms with Crippen LogP contribution in [0, 0.1) is 12.8 Å². The van der Waals surface area contributed by atoms with Crippen LogP contribution in [-0.4, -0.2) is 75.7 Å². The summed E-state index contributed by atoms with van der Waals surface area (Å²) in [5.41, 5.74) is 2.24. The minimum Gasteiger partial charge on any atom is -0.389 e. The first-order valence-electron chi connectivity index (χ1n) is 8.42. The summed E-state index contributed by atoms with van der Waals surface area (Å²) in [6.07, 6.45) is 0.0952. The zero-order valence-electron chi connectivity index (χ0n) is 13.8. The number of likely N-dealkylation sites (tertiary alicyclic amines) is 1. The maximum atomic E-state index is 10.1. The molecule has 3 rings (SSSR count). The van der Waals surface area contributed by atoms with Crippen molar-refractivity contribution in [3.63, 3.8) is 0 Å². The van der Waals surface area contributed by atoms with Crippen molar-refractivity contribution in [3.8, 4) is 0 Å². The number of hydrogen-bond acceptors (Lipinski definition) is 6. The minimum absolute atomic E-state index is 0.137. The van der Waals surface area contributed by atoms with E-state index < -0.39 is 18.3 Å². The molecule has 6 nitrogen and oxygen atoms in total. The smallest absolute Gasteiger partial charge is 0.108 e. The van der Waals surface area contributed by atoms with Gasteiger partial charge < -0.3 is 20.2 Å². The number of β-amino-alcohol motifs (C(OH)–C–C–N with tert-alkyl or cyclic N) is 1. The molecule has 2 aliphatic rings. The van der Waals surface area contributed by atoms with E-state index in [0.717, 1.165) is 31.7 Å². The van der Waals surface area contributed by atoms with Crippen LogP contribution < -0.4 is 4.90 Å². The van der Waals surface area contributed by atoms with Gasteiger partial charge in [0.1, 0.15) is 6.10 Å². The first kappa shape index (κ1) is 16.6. The number of rotatable bonds is 3. The van der Waals surface area contributed by atoms with Crippen molar-refractivity contribution in [1.29, 1.82) is 0 Å². The van der Waals surface area contributed by atoms with Crippen LogP contribution in [0.25, 0.3) is 0 Å². The van der Waals surface area contributed by atoms with Gasteiger partial charge in [0.2, 0.25) is 0 Å². The number of pyridine rings is 1. The van der Waals surface area contributed by atoms with Crippen LogP contribution >= 0.6 is 0 Å². The van der Waals surface area contributed by atoms with E-state index in [0.29, 0.717) is 12.5 Å². The fraction of sp³-hybridized carbons (Fsp3) is 0.706. The largest absolute Gasteiger partial charge is 0.389 e. The summed E-state index contributed by atoms with van der Waals surface area (Å²) in [6.45, 7) is 7.17. The van der Waals surface area contributed by atoms with Gasteiger partial charge in [-0.3, -0.25) is 9.88 Å². The van der Waals surface area contributed by atoms with E-state index in [1.165, 1.54) is 5.69 Å². The molecule has 2 fully saturated rings. The second-order valence-electron chi connectivity index (χ2n) is 6.95. The van der Waals surface area contributed by atoms with Crippen molar-refractivity contribution in [1.82, 2.24) is 9.88 Å². The second-order valence-corrected chi connectivity index (χ2v) is 6.95. The van der Waals surface area contributed by atoms with Gasteiger partial charge >= 0.3 is 0 Å². The van der Waals surface area contributed by atoms with E-state index in [-0.39, 0.29) is 6.04 Å². The monoisotopic (exact) mass is 321 g/mol. The number of piperidine rings is 1. The van der Waals surface area contributed by atoms with Crippen LogP contribution in [0.4, 0.5) is 5.69 Å². The molecule has 5 atom stereocenters. The SMILES string of the molecule is Cc1ncccc1N1CC[C@H](CN2C[C@H](O)[C@@H](O)[C@H](O)[C@H]2C)C1. The van der Waals surface area contributed by atoms with Gasteiger partial charge in [0.25, 0.3) is 0 Å². The average Bonchev–Trinajstić information content (AvgIpc) is 2.99. The summed E-state index contributed by atoms with van der Waals surface area (Å²) in [6, 6.07) is 3.94. The highest BCUT2D eigenvalue weighted by Gasteiger charge is 2.40. The van der Waals surface area contributed by atoms with Crippen LogP contribution in [0.5, 0.6) is 0 Å². The molecule has 2 aliphatic heterocycles. The molecule has 23 heavy (non-hydrogen) atoms. The molecule has 0 bridgehead atoms. The predicted octanol–water partition coefficient (Wildman–Crippen LogP) is 0.00312. The first-order valence-corrected chi connectivity index (χ1v) is 8.42. The number of aromatic nitrogens is 1. The molecule has 2 saturated heterocycles. The van der Waals surface area contributed by atoms with E-state index in [2.05, 4.69) is 20.9 Å². The highest BCUT2D eigenvalue weighted by atomic mass is 16.4. The Kier molecular flexibility index (Phi) is 4.87. The number of aliphatic hydroxyl groups excluding tert-OH is 3. The van der Waals surface area contributed by atoms with E-state index >= 15 is 0 Å². The number of aryl methyl sites for hydroxylation is 1. The van der Waals surface area contributed by atoms with Crippen molar-refractivity contribution in [2.24, 2.45) is 5.92 Å². The van der Waals surface area contributed by atoms with Crippen LogP contribution in [0.15, 0.2) is 18.3 Å². The topological polar surface area (TPSA) is 80.1 Å². The van der Waals surface area contributed by atoms with Crippen molar-refractivity contribution in [2.45, 2.75) is 44.6 Å². The van der Waals surface area contributed by atoms with Crippen molar-refractivity contribution < 1.29 is 15.3 Å². The Morgan fingerprint density at radius 2 is 2.00 bits per heavy atom. The summed E-state index contributed by atoms with van der Waals surface area (Å²) < 4.78 is 0. The van der Waals surface area contributed by atoms with E-state index in [9.17, 15) is 15.3 Å². The zero-order valence-corrected chi connectivity index (χ0v) is 13.8. The summed E-state index contributed by atoms with van der Waals surface area (Å²) in [4.78, 5) is 8.83. The Balaban J connectivity index is 1.61. The standard InChI is InChI=1S/C17H27N3O3/c1-11-14(4-3-6-18-11)19-7-5-13(8-19)9-20-10-15(21)17(23)16(22)12(20)2/h3-4,6,12-13,15-17,21-23H,5,7-10H2,1-2H3/t12-,13+,15+,16-,17-/m1/s1. The van der Waals surface area contributed by atoms with Crippen LogP contribution in [0.1, 0.15) is 19.0 Å². The lowest BCUT2D eigenvalue weighted by Crippen LogP contribution is -2.60. The summed E-state index contributed by atoms with van der Waals surface area (Å²) in [7, 11) is 0. The molecular weight excluding hydrogens is 294 g/mol. The Hall–Kier alpha value is -1.21. The molecule has 0 saturated carbocycles. The lowest BCUT2D eigenvalue weighted by Gasteiger charge is -2.43. The van der Waals surface area contributed by atoms with Crippen LogP contribution in [-0.2, 0) is 0 Å². The molecular formula is C17H27N3O3. The number of aliphatic hydroxyl groups is 3. The normalized spacial score (nSPS) is 35.7. The molecule has 0 aliphatic carbocycles. The Morgan fingerprint density at radius 1 is 1.22 bits per heavy atom. The third-order valence-corrected chi connectivity index (χ3v) is 5.33. The van der Waals surface area contributed by atoms with Gasteiger partial charge in [0.05, 0.1) is 23.6 Å². The Labute approximate surface area is 137 Å². The van der Waals surface area contributed by atoms with Crippen molar-refractivity contribution in [2.75, 3.05) is 31.1 Å². The van der Waals surface area contributed by atoms with Gasteiger partial charge in [-0.2, -0.15) is 0 Å². The third-order valence-electron chi connectivity index (χ3n) is 5.33. The fourth-order valence-corrected chi connectivity index (χ4v) is 3.83. The number of anilines is 1. The summed E-state index contributed by atoms with van der Waals surface area (Å²) in [5.74, 6) is 0.492. The molecule has 0 aromatic carbocycles. The highest BCUT2D eigenvalue weighted by molar-refractivity contribution is 5.50.